The Morgan fingerprint density at radius 1 is 1.18 bits per heavy atom. The number of aromatic nitrogens is 1. The lowest BCUT2D eigenvalue weighted by molar-refractivity contribution is 0.240. The van der Waals surface area contributed by atoms with E-state index in [1.165, 1.54) is 0 Å². The van der Waals surface area contributed by atoms with Crippen molar-refractivity contribution in [3.8, 4) is 11.6 Å². The maximum atomic E-state index is 8.45. The molecule has 0 amide bonds. The first-order chi connectivity index (χ1) is 8.40. The number of nitrogens with zero attached hydrogens (tertiary/aromatic N) is 2. The van der Waals surface area contributed by atoms with Crippen LogP contribution in [0.25, 0.3) is 0 Å². The zero-order valence-electron chi connectivity index (χ0n) is 8.95. The molecule has 0 aliphatic carbocycles. The summed E-state index contributed by atoms with van der Waals surface area (Å²) in [4.78, 5) is 8.03. The maximum Gasteiger partial charge on any atom is 0.245 e. The summed E-state index contributed by atoms with van der Waals surface area (Å²) in [7, 11) is 0. The first-order valence-electron chi connectivity index (χ1n) is 5.00. The standard InChI is InChI=1S/C12H11N3O2/c16-15-9-14-11-7-4-8-13-12(11)17-10-5-2-1-3-6-10/h1-9,16H,(H,14,15). The van der Waals surface area contributed by atoms with Crippen LogP contribution in [0.3, 0.4) is 0 Å². The number of aliphatic imine (C=N–C) groups is 1. The number of nitrogens with one attached hydrogen (secondary N) is 1. The zero-order valence-corrected chi connectivity index (χ0v) is 8.95. The van der Waals surface area contributed by atoms with Gasteiger partial charge in [-0.2, -0.15) is 0 Å². The van der Waals surface area contributed by atoms with Crippen LogP contribution in [0.4, 0.5) is 5.69 Å². The smallest absolute Gasteiger partial charge is 0.245 e. The molecule has 0 fully saturated rings. The Labute approximate surface area is 98.4 Å². The summed E-state index contributed by atoms with van der Waals surface area (Å²) in [6, 6.07) is 12.8. The van der Waals surface area contributed by atoms with Gasteiger partial charge >= 0.3 is 0 Å². The Hall–Kier alpha value is -2.40. The van der Waals surface area contributed by atoms with E-state index in [0.717, 1.165) is 6.34 Å². The van der Waals surface area contributed by atoms with E-state index in [4.69, 9.17) is 9.94 Å². The molecule has 0 spiro atoms. The average Bonchev–Trinajstić information content (AvgIpc) is 2.39. The number of ether oxygens (including phenoxy) is 1. The monoisotopic (exact) mass is 229 g/mol. The lowest BCUT2D eigenvalue weighted by atomic mass is 10.3. The lowest BCUT2D eigenvalue weighted by Gasteiger charge is -2.06. The molecule has 0 aliphatic heterocycles. The fraction of sp³-hybridized carbons (Fsp3) is 0. The number of hydroxylamine groups is 1. The second-order valence-corrected chi connectivity index (χ2v) is 3.13. The van der Waals surface area contributed by atoms with Gasteiger partial charge < -0.3 is 4.74 Å². The molecule has 0 atom stereocenters. The maximum absolute atomic E-state index is 8.45. The van der Waals surface area contributed by atoms with Crippen molar-refractivity contribution in [3.63, 3.8) is 0 Å². The van der Waals surface area contributed by atoms with Crippen molar-refractivity contribution in [1.82, 2.24) is 10.5 Å². The van der Waals surface area contributed by atoms with Gasteiger partial charge in [0.15, 0.2) is 0 Å². The van der Waals surface area contributed by atoms with Crippen LogP contribution in [0.15, 0.2) is 53.7 Å². The summed E-state index contributed by atoms with van der Waals surface area (Å²) in [5, 5.41) is 8.45. The summed E-state index contributed by atoms with van der Waals surface area (Å²) in [5.41, 5.74) is 2.36. The van der Waals surface area contributed by atoms with E-state index in [1.807, 2.05) is 35.8 Å². The van der Waals surface area contributed by atoms with Crippen LogP contribution in [0.2, 0.25) is 0 Å². The quantitative estimate of drug-likeness (QED) is 0.480. The molecule has 0 aliphatic rings. The van der Waals surface area contributed by atoms with E-state index in [-0.39, 0.29) is 0 Å². The molecular formula is C12H11N3O2. The van der Waals surface area contributed by atoms with Crippen molar-refractivity contribution < 1.29 is 9.94 Å². The molecule has 2 N–H and O–H groups in total. The van der Waals surface area contributed by atoms with Crippen molar-refractivity contribution in [2.75, 3.05) is 0 Å². The fourth-order valence-corrected chi connectivity index (χ4v) is 1.26. The molecule has 5 heteroatoms. The number of para-hydroxylation sites is 1. The normalized spacial score (nSPS) is 10.4. The largest absolute Gasteiger partial charge is 0.437 e. The van der Waals surface area contributed by atoms with E-state index >= 15 is 0 Å². The third-order valence-electron chi connectivity index (χ3n) is 1.97. The van der Waals surface area contributed by atoms with Crippen LogP contribution in [0, 0.1) is 0 Å². The van der Waals surface area contributed by atoms with Gasteiger partial charge in [0.05, 0.1) is 0 Å². The molecule has 0 saturated heterocycles. The predicted octanol–water partition coefficient (Wildman–Crippen LogP) is 2.51. The third-order valence-corrected chi connectivity index (χ3v) is 1.97. The molecule has 2 aromatic rings. The summed E-state index contributed by atoms with van der Waals surface area (Å²) in [6.07, 6.45) is 2.76. The molecule has 1 aromatic carbocycles. The fourth-order valence-electron chi connectivity index (χ4n) is 1.26. The number of hydrogen-bond acceptors (Lipinski definition) is 4. The molecule has 86 valence electrons. The van der Waals surface area contributed by atoms with Gasteiger partial charge in [-0.3, -0.25) is 10.7 Å². The minimum absolute atomic E-state index is 0.380. The van der Waals surface area contributed by atoms with Gasteiger partial charge in [0.2, 0.25) is 5.88 Å². The van der Waals surface area contributed by atoms with Crippen LogP contribution in [0.1, 0.15) is 0 Å². The van der Waals surface area contributed by atoms with Crippen molar-refractivity contribution in [3.05, 3.63) is 48.7 Å². The van der Waals surface area contributed by atoms with Crippen LogP contribution in [-0.4, -0.2) is 16.5 Å². The second-order valence-electron chi connectivity index (χ2n) is 3.13. The molecule has 0 radical (unpaired) electrons. The Balaban J connectivity index is 2.23. The first-order valence-corrected chi connectivity index (χ1v) is 5.00. The SMILES string of the molecule is ONC=Nc1cccnc1Oc1ccccc1. The highest BCUT2D eigenvalue weighted by atomic mass is 16.5. The summed E-state index contributed by atoms with van der Waals surface area (Å²) in [6.45, 7) is 0. The average molecular weight is 229 g/mol. The molecule has 2 rings (SSSR count). The summed E-state index contributed by atoms with van der Waals surface area (Å²) in [5.74, 6) is 1.06. The zero-order chi connectivity index (χ0) is 11.9. The van der Waals surface area contributed by atoms with Gasteiger partial charge in [-0.1, -0.05) is 18.2 Å². The van der Waals surface area contributed by atoms with Crippen molar-refractivity contribution >= 4 is 12.0 Å². The predicted molar refractivity (Wildman–Crippen MR) is 63.8 cm³/mol. The van der Waals surface area contributed by atoms with E-state index in [2.05, 4.69) is 9.98 Å². The van der Waals surface area contributed by atoms with Crippen LogP contribution >= 0.6 is 0 Å². The highest BCUT2D eigenvalue weighted by molar-refractivity contribution is 5.62. The van der Waals surface area contributed by atoms with Crippen LogP contribution in [0.5, 0.6) is 11.6 Å². The molecule has 1 aromatic heterocycles. The summed E-state index contributed by atoms with van der Waals surface area (Å²) < 4.78 is 5.57. The highest BCUT2D eigenvalue weighted by Gasteiger charge is 2.03. The van der Waals surface area contributed by atoms with E-state index in [1.54, 1.807) is 18.3 Å². The molecule has 17 heavy (non-hydrogen) atoms. The Kier molecular flexibility index (Phi) is 3.67. The van der Waals surface area contributed by atoms with Crippen LogP contribution in [-0.2, 0) is 0 Å². The molecule has 1 heterocycles. The number of rotatable bonds is 4. The van der Waals surface area contributed by atoms with Gasteiger partial charge in [-0.05, 0) is 24.3 Å². The van der Waals surface area contributed by atoms with Crippen LogP contribution < -0.4 is 10.2 Å². The van der Waals surface area contributed by atoms with Crippen molar-refractivity contribution in [1.29, 1.82) is 0 Å². The molecule has 0 saturated carbocycles. The van der Waals surface area contributed by atoms with Gasteiger partial charge in [-0.15, -0.1) is 0 Å². The van der Waals surface area contributed by atoms with E-state index in [9.17, 15) is 0 Å². The van der Waals surface area contributed by atoms with Gasteiger partial charge in [0.1, 0.15) is 17.8 Å². The minimum atomic E-state index is 0.380. The number of pyridine rings is 1. The van der Waals surface area contributed by atoms with Crippen molar-refractivity contribution in [2.24, 2.45) is 4.99 Å². The second kappa shape index (κ2) is 5.62. The summed E-state index contributed by atoms with van der Waals surface area (Å²) >= 11 is 0. The van der Waals surface area contributed by atoms with E-state index < -0.39 is 0 Å². The highest BCUT2D eigenvalue weighted by Crippen LogP contribution is 2.28. The van der Waals surface area contributed by atoms with Gasteiger partial charge in [-0.25, -0.2) is 9.98 Å². The Morgan fingerprint density at radius 3 is 2.76 bits per heavy atom. The third kappa shape index (κ3) is 3.02. The molecule has 0 unspecified atom stereocenters. The lowest BCUT2D eigenvalue weighted by Crippen LogP contribution is -2.01. The first kappa shape index (κ1) is 11.1. The molecule has 5 nitrogen and oxygen atoms in total. The Bertz CT molecular complexity index is 500. The van der Waals surface area contributed by atoms with Gasteiger partial charge in [0, 0.05) is 6.20 Å². The topological polar surface area (TPSA) is 66.7 Å². The minimum Gasteiger partial charge on any atom is -0.437 e. The van der Waals surface area contributed by atoms with Gasteiger partial charge in [0.25, 0.3) is 0 Å². The van der Waals surface area contributed by atoms with Crippen molar-refractivity contribution in [2.45, 2.75) is 0 Å². The van der Waals surface area contributed by atoms with E-state index in [0.29, 0.717) is 17.3 Å². The number of hydrogen-bond donors (Lipinski definition) is 2. The molecule has 0 bridgehead atoms. The number of benzene rings is 1. The molecular weight excluding hydrogens is 218 g/mol. The Morgan fingerprint density at radius 2 is 2.00 bits per heavy atom.